The molecule has 1 heteroatoms. The zero-order chi connectivity index (χ0) is 28.4. The number of hydrogen-bond acceptors (Lipinski definition) is 1. The third-order valence-corrected chi connectivity index (χ3v) is 7.60. The molecule has 0 heterocycles. The minimum absolute atomic E-state index is 0.203. The van der Waals surface area contributed by atoms with Gasteiger partial charge in [0.15, 0.2) is 0 Å². The quantitative estimate of drug-likeness (QED) is 0.308. The second kappa shape index (κ2) is 28.7. The molecular formula is C35H70O. The molecule has 0 radical (unpaired) electrons. The van der Waals surface area contributed by atoms with Gasteiger partial charge in [0.05, 0.1) is 6.10 Å². The van der Waals surface area contributed by atoms with E-state index in [9.17, 15) is 0 Å². The van der Waals surface area contributed by atoms with Crippen molar-refractivity contribution >= 4 is 0 Å². The van der Waals surface area contributed by atoms with Gasteiger partial charge in [0.2, 0.25) is 0 Å². The normalized spacial score (nSPS) is 21.9. The summed E-state index contributed by atoms with van der Waals surface area (Å²) in [6.45, 7) is 27.6. The highest BCUT2D eigenvalue weighted by Gasteiger charge is 2.24. The Morgan fingerprint density at radius 2 is 1.33 bits per heavy atom. The number of unbranched alkanes of at least 4 members (excludes halogenated alkanes) is 1. The van der Waals surface area contributed by atoms with E-state index in [0.29, 0.717) is 11.8 Å². The molecule has 1 N–H and O–H groups in total. The van der Waals surface area contributed by atoms with Gasteiger partial charge in [0.25, 0.3) is 0 Å². The van der Waals surface area contributed by atoms with Crippen LogP contribution in [0.1, 0.15) is 147 Å². The number of allylic oxidation sites excluding steroid dienone is 4. The second-order valence-electron chi connectivity index (χ2n) is 11.1. The topological polar surface area (TPSA) is 20.2 Å². The zero-order valence-electron chi connectivity index (χ0n) is 26.9. The molecule has 0 aromatic heterocycles. The van der Waals surface area contributed by atoms with Crippen molar-refractivity contribution in [3.8, 4) is 0 Å². The SMILES string of the molecule is C=CC(C)C(C)C.CC.CC(O)C1C=CC=CC1.CCCC.CCCC(CCC)C1CCC(C)CC1. The number of aliphatic hydroxyl groups is 1. The predicted molar refractivity (Wildman–Crippen MR) is 169 cm³/mol. The lowest BCUT2D eigenvalue weighted by Gasteiger charge is -2.32. The van der Waals surface area contributed by atoms with Crippen molar-refractivity contribution < 1.29 is 5.11 Å². The molecule has 0 aromatic rings. The Hall–Kier alpha value is -0.820. The number of aliphatic hydroxyl groups excluding tert-OH is 1. The van der Waals surface area contributed by atoms with Crippen LogP contribution in [0.2, 0.25) is 0 Å². The molecule has 0 spiro atoms. The maximum Gasteiger partial charge on any atom is 0.0577 e. The Morgan fingerprint density at radius 1 is 0.833 bits per heavy atom. The van der Waals surface area contributed by atoms with E-state index in [1.54, 1.807) is 0 Å². The zero-order valence-corrected chi connectivity index (χ0v) is 26.9. The van der Waals surface area contributed by atoms with E-state index in [0.717, 1.165) is 30.1 Å². The summed E-state index contributed by atoms with van der Waals surface area (Å²) in [6.07, 6.45) is 25.3. The van der Waals surface area contributed by atoms with Crippen LogP contribution in [0.4, 0.5) is 0 Å². The molecule has 0 bridgehead atoms. The molecule has 3 atom stereocenters. The van der Waals surface area contributed by atoms with E-state index in [1.807, 2.05) is 45.1 Å². The Morgan fingerprint density at radius 3 is 1.58 bits per heavy atom. The van der Waals surface area contributed by atoms with Gasteiger partial charge in [0, 0.05) is 5.92 Å². The highest BCUT2D eigenvalue weighted by Crippen LogP contribution is 2.37. The monoisotopic (exact) mass is 507 g/mol. The standard InChI is InChI=1S/C14H28.C8H12O.C7H14.C4H10.C2H6/c1-4-6-13(7-5-2)14-10-8-12(3)9-11-14;1-7(9)8-5-3-2-4-6-8;1-5-7(4)6(2)3;1-3-4-2;1-2/h12-14H,4-11H2,1-3H3;2-5,7-9H,6H2,1H3;5-7H,1H2,2-4H3;3-4H2,1-2H3;1-2H3. The van der Waals surface area contributed by atoms with E-state index in [1.165, 1.54) is 64.2 Å². The average molecular weight is 507 g/mol. The van der Waals surface area contributed by atoms with Crippen LogP contribution in [-0.4, -0.2) is 11.2 Å². The summed E-state index contributed by atoms with van der Waals surface area (Å²) in [5, 5.41) is 9.09. The van der Waals surface area contributed by atoms with Gasteiger partial charge in [-0.15, -0.1) is 6.58 Å². The molecule has 3 unspecified atom stereocenters. The van der Waals surface area contributed by atoms with Gasteiger partial charge in [-0.2, -0.15) is 0 Å². The van der Waals surface area contributed by atoms with Crippen LogP contribution in [0.3, 0.4) is 0 Å². The minimum atomic E-state index is -0.203. The highest BCUT2D eigenvalue weighted by molar-refractivity contribution is 5.11. The first-order valence-corrected chi connectivity index (χ1v) is 15.8. The Labute approximate surface area is 230 Å². The third-order valence-electron chi connectivity index (χ3n) is 7.60. The first-order valence-electron chi connectivity index (χ1n) is 15.8. The fourth-order valence-corrected chi connectivity index (χ4v) is 4.34. The van der Waals surface area contributed by atoms with E-state index in [4.69, 9.17) is 5.11 Å². The smallest absolute Gasteiger partial charge is 0.0577 e. The molecular weight excluding hydrogens is 436 g/mol. The van der Waals surface area contributed by atoms with Gasteiger partial charge in [-0.1, -0.05) is 151 Å². The lowest BCUT2D eigenvalue weighted by molar-refractivity contribution is 0.149. The summed E-state index contributed by atoms with van der Waals surface area (Å²) in [5.74, 6) is 4.89. The van der Waals surface area contributed by atoms with Gasteiger partial charge in [-0.25, -0.2) is 0 Å². The molecule has 1 fully saturated rings. The summed E-state index contributed by atoms with van der Waals surface area (Å²) in [4.78, 5) is 0. The first kappa shape index (κ1) is 39.7. The lowest BCUT2D eigenvalue weighted by Crippen LogP contribution is -2.20. The highest BCUT2D eigenvalue weighted by atomic mass is 16.3. The van der Waals surface area contributed by atoms with Crippen LogP contribution in [0.15, 0.2) is 37.0 Å². The molecule has 36 heavy (non-hydrogen) atoms. The summed E-state index contributed by atoms with van der Waals surface area (Å²) in [5.41, 5.74) is 0. The predicted octanol–water partition coefficient (Wildman–Crippen LogP) is 11.8. The van der Waals surface area contributed by atoms with Crippen molar-refractivity contribution in [2.75, 3.05) is 0 Å². The minimum Gasteiger partial charge on any atom is -0.393 e. The van der Waals surface area contributed by atoms with Crippen molar-refractivity contribution in [2.45, 2.75) is 153 Å². The molecule has 0 aromatic carbocycles. The van der Waals surface area contributed by atoms with Crippen molar-refractivity contribution in [3.63, 3.8) is 0 Å². The van der Waals surface area contributed by atoms with Crippen molar-refractivity contribution in [2.24, 2.45) is 35.5 Å². The van der Waals surface area contributed by atoms with E-state index < -0.39 is 0 Å². The fourth-order valence-electron chi connectivity index (χ4n) is 4.34. The fraction of sp³-hybridized carbons (Fsp3) is 0.829. The van der Waals surface area contributed by atoms with Gasteiger partial charge in [-0.05, 0) is 55.8 Å². The maximum atomic E-state index is 9.09. The summed E-state index contributed by atoms with van der Waals surface area (Å²) >= 11 is 0. The lowest BCUT2D eigenvalue weighted by atomic mass is 9.73. The molecule has 1 nitrogen and oxygen atoms in total. The molecule has 0 aliphatic heterocycles. The molecule has 0 amide bonds. The van der Waals surface area contributed by atoms with Crippen molar-refractivity contribution in [3.05, 3.63) is 37.0 Å². The van der Waals surface area contributed by atoms with E-state index in [2.05, 4.69) is 68.0 Å². The molecule has 1 saturated carbocycles. The first-order chi connectivity index (χ1) is 17.2. The Balaban J connectivity index is -0.000000429. The summed E-state index contributed by atoms with van der Waals surface area (Å²) in [6, 6.07) is 0. The number of rotatable bonds is 9. The van der Waals surface area contributed by atoms with Crippen molar-refractivity contribution in [1.82, 2.24) is 0 Å². The van der Waals surface area contributed by atoms with Gasteiger partial charge >= 0.3 is 0 Å². The van der Waals surface area contributed by atoms with Gasteiger partial charge < -0.3 is 5.11 Å². The van der Waals surface area contributed by atoms with Gasteiger partial charge in [0.1, 0.15) is 0 Å². The summed E-state index contributed by atoms with van der Waals surface area (Å²) in [7, 11) is 0. The third kappa shape index (κ3) is 23.6. The molecule has 2 aliphatic carbocycles. The average Bonchev–Trinajstić information content (AvgIpc) is 2.91. The Bertz CT molecular complexity index is 471. The van der Waals surface area contributed by atoms with Crippen LogP contribution in [0.5, 0.6) is 0 Å². The van der Waals surface area contributed by atoms with E-state index in [-0.39, 0.29) is 6.10 Å². The molecule has 0 saturated heterocycles. The number of hydrogen-bond donors (Lipinski definition) is 1. The Kier molecular flexibility index (Phi) is 31.7. The van der Waals surface area contributed by atoms with Crippen molar-refractivity contribution in [1.29, 1.82) is 0 Å². The van der Waals surface area contributed by atoms with Gasteiger partial charge in [-0.3, -0.25) is 0 Å². The molecule has 2 aliphatic rings. The van der Waals surface area contributed by atoms with Crippen LogP contribution in [0.25, 0.3) is 0 Å². The molecule has 216 valence electrons. The van der Waals surface area contributed by atoms with Crippen LogP contribution in [0, 0.1) is 35.5 Å². The second-order valence-corrected chi connectivity index (χ2v) is 11.1. The van der Waals surface area contributed by atoms with Crippen LogP contribution >= 0.6 is 0 Å². The largest absolute Gasteiger partial charge is 0.393 e. The van der Waals surface area contributed by atoms with Crippen LogP contribution < -0.4 is 0 Å². The van der Waals surface area contributed by atoms with Crippen LogP contribution in [-0.2, 0) is 0 Å². The van der Waals surface area contributed by atoms with E-state index >= 15 is 0 Å². The summed E-state index contributed by atoms with van der Waals surface area (Å²) < 4.78 is 0. The molecule has 2 rings (SSSR count). The maximum absolute atomic E-state index is 9.09.